The molecule has 1 heterocycles. The van der Waals surface area contributed by atoms with Crippen LogP contribution in [-0.2, 0) is 4.79 Å². The molecule has 13 heavy (non-hydrogen) atoms. The van der Waals surface area contributed by atoms with Crippen molar-refractivity contribution in [3.05, 3.63) is 0 Å². The number of carbonyl (C=O) groups is 1. The third-order valence-corrected chi connectivity index (χ3v) is 3.25. The Bertz CT molecular complexity index is 266. The van der Waals surface area contributed by atoms with Gasteiger partial charge in [0.1, 0.15) is 0 Å². The van der Waals surface area contributed by atoms with E-state index in [0.717, 1.165) is 6.54 Å². The van der Waals surface area contributed by atoms with Crippen molar-refractivity contribution in [3.8, 4) is 10.8 Å². The standard InChI is InChI=1S/C10H14BrNO/c1-7-6-12(9(3)8(7)2)10(13)4-5-11/h7-9H,6H2,1-3H3. The maximum absolute atomic E-state index is 11.5. The topological polar surface area (TPSA) is 20.3 Å². The Morgan fingerprint density at radius 1 is 1.46 bits per heavy atom. The molecule has 3 atom stereocenters. The van der Waals surface area contributed by atoms with E-state index in [4.69, 9.17) is 0 Å². The molecule has 0 aromatic carbocycles. The van der Waals surface area contributed by atoms with E-state index in [1.807, 2.05) is 4.90 Å². The van der Waals surface area contributed by atoms with Gasteiger partial charge in [-0.15, -0.1) is 0 Å². The number of hydrogen-bond donors (Lipinski definition) is 0. The molecule has 3 unspecified atom stereocenters. The van der Waals surface area contributed by atoms with Crippen LogP contribution in [0.1, 0.15) is 20.8 Å². The first-order valence-corrected chi connectivity index (χ1v) is 5.29. The molecule has 72 valence electrons. The average Bonchev–Trinajstić information content (AvgIpc) is 2.33. The van der Waals surface area contributed by atoms with Crippen LogP contribution in [0.3, 0.4) is 0 Å². The highest BCUT2D eigenvalue weighted by Gasteiger charge is 2.35. The second kappa shape index (κ2) is 4.15. The van der Waals surface area contributed by atoms with E-state index in [0.29, 0.717) is 17.9 Å². The van der Waals surface area contributed by atoms with Crippen LogP contribution in [0.25, 0.3) is 0 Å². The molecular formula is C10H14BrNO. The summed E-state index contributed by atoms with van der Waals surface area (Å²) in [7, 11) is 0. The summed E-state index contributed by atoms with van der Waals surface area (Å²) >= 11 is 2.94. The molecule has 1 saturated heterocycles. The highest BCUT2D eigenvalue weighted by Crippen LogP contribution is 2.28. The third kappa shape index (κ3) is 2.05. The Morgan fingerprint density at radius 3 is 2.46 bits per heavy atom. The van der Waals surface area contributed by atoms with Crippen molar-refractivity contribution in [2.75, 3.05) is 6.54 Å². The van der Waals surface area contributed by atoms with Gasteiger partial charge in [-0.05, 0) is 23.6 Å². The largest absolute Gasteiger partial charge is 0.329 e. The fraction of sp³-hybridized carbons (Fsp3) is 0.700. The van der Waals surface area contributed by atoms with E-state index in [2.05, 4.69) is 47.5 Å². The van der Waals surface area contributed by atoms with Crippen LogP contribution in [0.5, 0.6) is 0 Å². The first-order valence-electron chi connectivity index (χ1n) is 4.50. The SMILES string of the molecule is CC1CN(C(=O)C#CBr)C(C)C1C. The summed E-state index contributed by atoms with van der Waals surface area (Å²) in [6.45, 7) is 7.28. The van der Waals surface area contributed by atoms with Gasteiger partial charge in [0.15, 0.2) is 0 Å². The van der Waals surface area contributed by atoms with Crippen molar-refractivity contribution in [2.45, 2.75) is 26.8 Å². The molecular weight excluding hydrogens is 230 g/mol. The Labute approximate surface area is 87.8 Å². The van der Waals surface area contributed by atoms with Crippen molar-refractivity contribution in [3.63, 3.8) is 0 Å². The summed E-state index contributed by atoms with van der Waals surface area (Å²) < 4.78 is 0. The lowest BCUT2D eigenvalue weighted by atomic mass is 9.95. The van der Waals surface area contributed by atoms with Gasteiger partial charge in [-0.2, -0.15) is 0 Å². The normalized spacial score (nSPS) is 32.6. The van der Waals surface area contributed by atoms with Crippen LogP contribution in [0.4, 0.5) is 0 Å². The number of rotatable bonds is 0. The van der Waals surface area contributed by atoms with Crippen LogP contribution >= 0.6 is 15.9 Å². The zero-order valence-electron chi connectivity index (χ0n) is 8.17. The molecule has 3 heteroatoms. The van der Waals surface area contributed by atoms with Gasteiger partial charge in [0.25, 0.3) is 5.91 Å². The lowest BCUT2D eigenvalue weighted by molar-refractivity contribution is -0.125. The molecule has 0 saturated carbocycles. The minimum Gasteiger partial charge on any atom is -0.329 e. The summed E-state index contributed by atoms with van der Waals surface area (Å²) in [4.78, 5) is 15.8. The monoisotopic (exact) mass is 243 g/mol. The van der Waals surface area contributed by atoms with Crippen LogP contribution in [0.2, 0.25) is 0 Å². The Balaban J connectivity index is 2.72. The number of nitrogens with zero attached hydrogens (tertiary/aromatic N) is 1. The fourth-order valence-corrected chi connectivity index (χ4v) is 1.95. The predicted octanol–water partition coefficient (Wildman–Crippen LogP) is 1.85. The zero-order chi connectivity index (χ0) is 10.0. The first-order chi connectivity index (χ1) is 6.07. The third-order valence-electron chi connectivity index (χ3n) is 3.05. The second-order valence-electron chi connectivity index (χ2n) is 3.75. The number of hydrogen-bond acceptors (Lipinski definition) is 1. The van der Waals surface area contributed by atoms with E-state index in [-0.39, 0.29) is 5.91 Å². The fourth-order valence-electron chi connectivity index (χ4n) is 1.78. The van der Waals surface area contributed by atoms with Crippen molar-refractivity contribution in [1.29, 1.82) is 0 Å². The number of likely N-dealkylation sites (tertiary alicyclic amines) is 1. The van der Waals surface area contributed by atoms with Gasteiger partial charge in [0, 0.05) is 34.4 Å². The molecule has 1 fully saturated rings. The van der Waals surface area contributed by atoms with Crippen molar-refractivity contribution in [2.24, 2.45) is 11.8 Å². The lowest BCUT2D eigenvalue weighted by Gasteiger charge is -2.20. The maximum atomic E-state index is 11.5. The maximum Gasteiger partial charge on any atom is 0.299 e. The molecule has 1 amide bonds. The lowest BCUT2D eigenvalue weighted by Crippen LogP contribution is -2.34. The van der Waals surface area contributed by atoms with Crippen LogP contribution in [0.15, 0.2) is 0 Å². The highest BCUT2D eigenvalue weighted by molar-refractivity contribution is 9.12. The average molecular weight is 244 g/mol. The van der Waals surface area contributed by atoms with Gasteiger partial charge >= 0.3 is 0 Å². The van der Waals surface area contributed by atoms with Gasteiger partial charge in [0.2, 0.25) is 0 Å². The van der Waals surface area contributed by atoms with Crippen LogP contribution in [0, 0.1) is 22.6 Å². The molecule has 0 spiro atoms. The summed E-state index contributed by atoms with van der Waals surface area (Å²) in [5, 5.41) is 0. The molecule has 1 aliphatic heterocycles. The predicted molar refractivity (Wildman–Crippen MR) is 56.2 cm³/mol. The van der Waals surface area contributed by atoms with E-state index >= 15 is 0 Å². The Kier molecular flexibility index (Phi) is 3.38. The molecule has 0 aliphatic carbocycles. The molecule has 2 nitrogen and oxygen atoms in total. The molecule has 1 rings (SSSR count). The first kappa shape index (κ1) is 10.6. The summed E-state index contributed by atoms with van der Waals surface area (Å²) in [6.07, 6.45) is 0. The van der Waals surface area contributed by atoms with Crippen molar-refractivity contribution < 1.29 is 4.79 Å². The molecule has 0 aromatic rings. The van der Waals surface area contributed by atoms with Gasteiger partial charge in [-0.1, -0.05) is 13.8 Å². The second-order valence-corrected chi connectivity index (χ2v) is 4.15. The number of halogens is 1. The quantitative estimate of drug-likeness (QED) is 0.595. The molecule has 1 aliphatic rings. The number of carbonyl (C=O) groups excluding carboxylic acids is 1. The summed E-state index contributed by atoms with van der Waals surface area (Å²) in [5.74, 6) is 3.59. The van der Waals surface area contributed by atoms with E-state index in [1.54, 1.807) is 0 Å². The summed E-state index contributed by atoms with van der Waals surface area (Å²) in [6, 6.07) is 0.316. The zero-order valence-corrected chi connectivity index (χ0v) is 9.76. The van der Waals surface area contributed by atoms with Crippen LogP contribution in [-0.4, -0.2) is 23.4 Å². The minimum atomic E-state index is -0.0689. The minimum absolute atomic E-state index is 0.0689. The van der Waals surface area contributed by atoms with E-state index in [9.17, 15) is 4.79 Å². The molecule has 0 radical (unpaired) electrons. The Morgan fingerprint density at radius 2 is 2.08 bits per heavy atom. The smallest absolute Gasteiger partial charge is 0.299 e. The van der Waals surface area contributed by atoms with Gasteiger partial charge in [0.05, 0.1) is 0 Å². The van der Waals surface area contributed by atoms with Gasteiger partial charge < -0.3 is 4.90 Å². The van der Waals surface area contributed by atoms with E-state index in [1.165, 1.54) is 0 Å². The van der Waals surface area contributed by atoms with Crippen LogP contribution < -0.4 is 0 Å². The Hall–Kier alpha value is -0.490. The van der Waals surface area contributed by atoms with Crippen molar-refractivity contribution >= 4 is 21.8 Å². The van der Waals surface area contributed by atoms with Crippen molar-refractivity contribution in [1.82, 2.24) is 4.90 Å². The van der Waals surface area contributed by atoms with Gasteiger partial charge in [-0.25, -0.2) is 0 Å². The molecule has 0 bridgehead atoms. The highest BCUT2D eigenvalue weighted by atomic mass is 79.9. The van der Waals surface area contributed by atoms with Gasteiger partial charge in [-0.3, -0.25) is 4.79 Å². The summed E-state index contributed by atoms with van der Waals surface area (Å²) in [5.41, 5.74) is 0. The van der Waals surface area contributed by atoms with E-state index < -0.39 is 0 Å². The molecule has 0 aromatic heterocycles. The number of amides is 1. The molecule has 0 N–H and O–H groups in total.